The number of pyridine rings is 1. The van der Waals surface area contributed by atoms with E-state index in [1.54, 1.807) is 14.1 Å². The molecule has 1 N–H and O–H groups in total. The number of carbonyl (C=O) groups is 1. The highest BCUT2D eigenvalue weighted by molar-refractivity contribution is 6.29. The summed E-state index contributed by atoms with van der Waals surface area (Å²) in [6.45, 7) is 0. The maximum atomic E-state index is 11.6. The average molecular weight is 245 g/mol. The van der Waals surface area contributed by atoms with Crippen molar-refractivity contribution in [2.75, 3.05) is 14.1 Å². The van der Waals surface area contributed by atoms with Crippen molar-refractivity contribution >= 4 is 23.2 Å². The van der Waals surface area contributed by atoms with Crippen molar-refractivity contribution in [3.63, 3.8) is 0 Å². The highest BCUT2D eigenvalue weighted by atomic mass is 35.5. The number of carbonyl (C=O) groups excluding carboxylic acids is 1. The van der Waals surface area contributed by atoms with Crippen LogP contribution in [0.1, 0.15) is 10.4 Å². The molecule has 86 valence electrons. The van der Waals surface area contributed by atoms with Crippen LogP contribution in [0.15, 0.2) is 12.3 Å². The molecule has 16 heavy (non-hydrogen) atoms. The highest BCUT2D eigenvalue weighted by Crippen LogP contribution is 2.19. The fourth-order valence-corrected chi connectivity index (χ4v) is 1.17. The molecule has 0 bridgehead atoms. The van der Waals surface area contributed by atoms with E-state index in [9.17, 15) is 14.9 Å². The predicted octanol–water partition coefficient (Wildman–Crippen LogP) is 0.850. The quantitative estimate of drug-likeness (QED) is 0.484. The van der Waals surface area contributed by atoms with Crippen molar-refractivity contribution in [1.29, 1.82) is 0 Å². The van der Waals surface area contributed by atoms with E-state index in [1.807, 2.05) is 0 Å². The molecule has 0 spiro atoms. The number of hydrazine groups is 1. The first-order valence-corrected chi connectivity index (χ1v) is 4.58. The van der Waals surface area contributed by atoms with E-state index >= 15 is 0 Å². The molecule has 0 aliphatic rings. The molecule has 0 aromatic carbocycles. The molecule has 1 heterocycles. The van der Waals surface area contributed by atoms with Crippen LogP contribution in [0.25, 0.3) is 0 Å². The van der Waals surface area contributed by atoms with Crippen LogP contribution in [0.5, 0.6) is 0 Å². The van der Waals surface area contributed by atoms with E-state index in [0.717, 1.165) is 12.3 Å². The number of hydrogen-bond donors (Lipinski definition) is 1. The van der Waals surface area contributed by atoms with E-state index in [0.29, 0.717) is 0 Å². The number of nitrogens with zero attached hydrogens (tertiary/aromatic N) is 3. The van der Waals surface area contributed by atoms with Gasteiger partial charge in [0.25, 0.3) is 11.6 Å². The van der Waals surface area contributed by atoms with E-state index in [-0.39, 0.29) is 16.4 Å². The second-order valence-corrected chi connectivity index (χ2v) is 3.50. The van der Waals surface area contributed by atoms with Gasteiger partial charge in [0.1, 0.15) is 16.9 Å². The normalized spacial score (nSPS) is 10.2. The Bertz CT molecular complexity index is 435. The molecular weight excluding hydrogens is 236 g/mol. The Labute approximate surface area is 96.1 Å². The Hall–Kier alpha value is -1.73. The van der Waals surface area contributed by atoms with Gasteiger partial charge >= 0.3 is 0 Å². The Kier molecular flexibility index (Phi) is 3.75. The van der Waals surface area contributed by atoms with Gasteiger partial charge in [0.15, 0.2) is 0 Å². The summed E-state index contributed by atoms with van der Waals surface area (Å²) in [5.74, 6) is -0.610. The zero-order valence-corrected chi connectivity index (χ0v) is 9.35. The van der Waals surface area contributed by atoms with Gasteiger partial charge in [-0.25, -0.2) is 9.99 Å². The van der Waals surface area contributed by atoms with Crippen LogP contribution in [-0.2, 0) is 0 Å². The first-order valence-electron chi connectivity index (χ1n) is 4.20. The summed E-state index contributed by atoms with van der Waals surface area (Å²) in [6, 6.07) is 1.15. The number of hydrogen-bond acceptors (Lipinski definition) is 5. The SMILES string of the molecule is CN(C)NC(=O)c1cc(Cl)ncc1[N+](=O)[O-]. The van der Waals surface area contributed by atoms with Crippen LogP contribution in [0.3, 0.4) is 0 Å². The molecule has 1 aromatic heterocycles. The largest absolute Gasteiger partial charge is 0.300 e. The third-order valence-electron chi connectivity index (χ3n) is 1.62. The topological polar surface area (TPSA) is 88.4 Å². The molecular formula is C8H9ClN4O3. The molecule has 0 saturated carbocycles. The second kappa shape index (κ2) is 4.86. The van der Waals surface area contributed by atoms with Crippen molar-refractivity contribution in [2.24, 2.45) is 0 Å². The monoisotopic (exact) mass is 244 g/mol. The Morgan fingerprint density at radius 3 is 2.75 bits per heavy atom. The molecule has 0 fully saturated rings. The minimum atomic E-state index is -0.687. The zero-order valence-electron chi connectivity index (χ0n) is 8.60. The van der Waals surface area contributed by atoms with Gasteiger partial charge in [-0.05, 0) is 6.07 Å². The maximum Gasteiger partial charge on any atom is 0.300 e. The number of nitro groups is 1. The lowest BCUT2D eigenvalue weighted by molar-refractivity contribution is -0.385. The summed E-state index contributed by atoms with van der Waals surface area (Å²) >= 11 is 5.57. The number of rotatable bonds is 3. The standard InChI is InChI=1S/C8H9ClN4O3/c1-12(2)11-8(14)5-3-7(9)10-4-6(5)13(15)16/h3-4H,1-2H3,(H,11,14). The van der Waals surface area contributed by atoms with Gasteiger partial charge in [0, 0.05) is 14.1 Å². The van der Waals surface area contributed by atoms with E-state index in [1.165, 1.54) is 5.01 Å². The molecule has 0 unspecified atom stereocenters. The van der Waals surface area contributed by atoms with Crippen LogP contribution >= 0.6 is 11.6 Å². The zero-order chi connectivity index (χ0) is 12.3. The molecule has 1 aromatic rings. The number of halogens is 1. The highest BCUT2D eigenvalue weighted by Gasteiger charge is 2.21. The number of amides is 1. The molecule has 1 rings (SSSR count). The summed E-state index contributed by atoms with van der Waals surface area (Å²) in [4.78, 5) is 25.1. The summed E-state index contributed by atoms with van der Waals surface area (Å²) in [7, 11) is 3.18. The van der Waals surface area contributed by atoms with Gasteiger partial charge in [-0.15, -0.1) is 0 Å². The summed E-state index contributed by atoms with van der Waals surface area (Å²) in [5.41, 5.74) is 1.87. The minimum Gasteiger partial charge on any atom is -0.285 e. The number of nitrogens with one attached hydrogen (secondary N) is 1. The molecule has 8 heteroatoms. The van der Waals surface area contributed by atoms with E-state index < -0.39 is 10.8 Å². The Balaban J connectivity index is 3.14. The van der Waals surface area contributed by atoms with Crippen molar-refractivity contribution in [2.45, 2.75) is 0 Å². The smallest absolute Gasteiger partial charge is 0.285 e. The van der Waals surface area contributed by atoms with Gasteiger partial charge < -0.3 is 0 Å². The van der Waals surface area contributed by atoms with Gasteiger partial charge in [0.2, 0.25) is 0 Å². The predicted molar refractivity (Wildman–Crippen MR) is 57.1 cm³/mol. The lowest BCUT2D eigenvalue weighted by Gasteiger charge is -2.11. The van der Waals surface area contributed by atoms with E-state index in [4.69, 9.17) is 11.6 Å². The van der Waals surface area contributed by atoms with Gasteiger partial charge in [-0.3, -0.25) is 20.3 Å². The average Bonchev–Trinajstić information content (AvgIpc) is 2.15. The second-order valence-electron chi connectivity index (χ2n) is 3.12. The van der Waals surface area contributed by atoms with Crippen molar-refractivity contribution in [3.05, 3.63) is 33.1 Å². The maximum absolute atomic E-state index is 11.6. The lowest BCUT2D eigenvalue weighted by atomic mass is 10.2. The first-order chi connectivity index (χ1) is 7.41. The third-order valence-corrected chi connectivity index (χ3v) is 1.82. The Morgan fingerprint density at radius 2 is 2.25 bits per heavy atom. The molecule has 0 aliphatic heterocycles. The van der Waals surface area contributed by atoms with Gasteiger partial charge in [-0.2, -0.15) is 0 Å². The fourth-order valence-electron chi connectivity index (χ4n) is 1.01. The van der Waals surface area contributed by atoms with Crippen molar-refractivity contribution < 1.29 is 9.72 Å². The minimum absolute atomic E-state index is 0.0227. The van der Waals surface area contributed by atoms with Gasteiger partial charge in [-0.1, -0.05) is 11.6 Å². The molecule has 7 nitrogen and oxygen atoms in total. The third kappa shape index (κ3) is 2.88. The summed E-state index contributed by atoms with van der Waals surface area (Å²) in [6.07, 6.45) is 0.951. The Morgan fingerprint density at radius 1 is 1.62 bits per heavy atom. The molecule has 0 saturated heterocycles. The first kappa shape index (κ1) is 12.3. The molecule has 0 aliphatic carbocycles. The number of aromatic nitrogens is 1. The van der Waals surface area contributed by atoms with Gasteiger partial charge in [0.05, 0.1) is 4.92 Å². The van der Waals surface area contributed by atoms with Crippen molar-refractivity contribution in [3.8, 4) is 0 Å². The van der Waals surface area contributed by atoms with Crippen LogP contribution < -0.4 is 5.43 Å². The van der Waals surface area contributed by atoms with Crippen molar-refractivity contribution in [1.82, 2.24) is 15.4 Å². The molecule has 0 atom stereocenters. The molecule has 1 amide bonds. The van der Waals surface area contributed by atoms with E-state index in [2.05, 4.69) is 10.4 Å². The van der Waals surface area contributed by atoms with Crippen LogP contribution in [0.2, 0.25) is 5.15 Å². The van der Waals surface area contributed by atoms with Crippen LogP contribution in [-0.4, -0.2) is 34.9 Å². The van der Waals surface area contributed by atoms with Crippen LogP contribution in [0.4, 0.5) is 5.69 Å². The fraction of sp³-hybridized carbons (Fsp3) is 0.250. The summed E-state index contributed by atoms with van der Waals surface area (Å²) in [5, 5.41) is 12.1. The van der Waals surface area contributed by atoms with Crippen LogP contribution in [0, 0.1) is 10.1 Å². The lowest BCUT2D eigenvalue weighted by Crippen LogP contribution is -2.36. The molecule has 0 radical (unpaired) electrons. The summed E-state index contributed by atoms with van der Waals surface area (Å²) < 4.78 is 0.